The number of benzene rings is 1. The molecule has 0 radical (unpaired) electrons. The first-order valence-corrected chi connectivity index (χ1v) is 7.50. The lowest BCUT2D eigenvalue weighted by Crippen LogP contribution is -2.01. The summed E-state index contributed by atoms with van der Waals surface area (Å²) in [7, 11) is 1.86. The molecule has 0 bridgehead atoms. The molecule has 0 aliphatic heterocycles. The zero-order valence-corrected chi connectivity index (χ0v) is 12.8. The van der Waals surface area contributed by atoms with E-state index in [4.69, 9.17) is 4.74 Å². The Morgan fingerprint density at radius 1 is 1.14 bits per heavy atom. The van der Waals surface area contributed by atoms with Crippen molar-refractivity contribution in [2.75, 3.05) is 12.4 Å². The topological polar surface area (TPSA) is 47.0 Å². The van der Waals surface area contributed by atoms with Crippen molar-refractivity contribution >= 4 is 5.82 Å². The summed E-state index contributed by atoms with van der Waals surface area (Å²) >= 11 is 0. The average molecular weight is 283 g/mol. The van der Waals surface area contributed by atoms with Gasteiger partial charge in [-0.2, -0.15) is 4.98 Å². The smallest absolute Gasteiger partial charge is 0.224 e. The van der Waals surface area contributed by atoms with Crippen molar-refractivity contribution in [3.8, 4) is 11.6 Å². The van der Waals surface area contributed by atoms with E-state index in [-0.39, 0.29) is 0 Å². The van der Waals surface area contributed by atoms with Gasteiger partial charge in [-0.25, -0.2) is 4.98 Å². The first-order chi connectivity index (χ1) is 10.2. The predicted molar refractivity (Wildman–Crippen MR) is 84.2 cm³/mol. The number of hydrogen-bond donors (Lipinski definition) is 1. The summed E-state index contributed by atoms with van der Waals surface area (Å²) in [5.41, 5.74) is 1.31. The summed E-state index contributed by atoms with van der Waals surface area (Å²) in [6.07, 6.45) is 2.35. The molecule has 1 fully saturated rings. The Morgan fingerprint density at radius 2 is 1.86 bits per heavy atom. The van der Waals surface area contributed by atoms with Crippen LogP contribution >= 0.6 is 0 Å². The molecule has 0 atom stereocenters. The van der Waals surface area contributed by atoms with Crippen LogP contribution in [0.5, 0.6) is 11.6 Å². The van der Waals surface area contributed by atoms with Crippen molar-refractivity contribution in [3.63, 3.8) is 0 Å². The number of aromatic nitrogens is 2. The molecule has 0 amide bonds. The van der Waals surface area contributed by atoms with Crippen LogP contribution in [-0.4, -0.2) is 17.0 Å². The first-order valence-electron chi connectivity index (χ1n) is 7.50. The molecule has 0 saturated heterocycles. The van der Waals surface area contributed by atoms with Crippen molar-refractivity contribution < 1.29 is 4.74 Å². The van der Waals surface area contributed by atoms with Crippen LogP contribution in [0.15, 0.2) is 30.3 Å². The van der Waals surface area contributed by atoms with Gasteiger partial charge in [0.25, 0.3) is 0 Å². The van der Waals surface area contributed by atoms with Gasteiger partial charge in [-0.3, -0.25) is 0 Å². The van der Waals surface area contributed by atoms with E-state index < -0.39 is 0 Å². The minimum absolute atomic E-state index is 0.504. The standard InChI is InChI=1S/C17H21N3O/c1-11(2)12-6-8-14(9-7-12)21-16-10-15(18-3)19-17(20-16)13-4-5-13/h6-11,13H,4-5H2,1-3H3,(H,18,19,20). The molecule has 4 heteroatoms. The number of anilines is 1. The lowest BCUT2D eigenvalue weighted by Gasteiger charge is -2.10. The van der Waals surface area contributed by atoms with Gasteiger partial charge in [-0.1, -0.05) is 26.0 Å². The van der Waals surface area contributed by atoms with E-state index in [0.717, 1.165) is 17.4 Å². The Morgan fingerprint density at radius 3 is 2.43 bits per heavy atom. The highest BCUT2D eigenvalue weighted by atomic mass is 16.5. The first kappa shape index (κ1) is 13.9. The molecule has 1 aliphatic rings. The predicted octanol–water partition coefficient (Wildman–Crippen LogP) is 4.31. The fraction of sp³-hybridized carbons (Fsp3) is 0.412. The monoisotopic (exact) mass is 283 g/mol. The zero-order chi connectivity index (χ0) is 14.8. The molecule has 1 aliphatic carbocycles. The Bertz CT molecular complexity index is 618. The second-order valence-corrected chi connectivity index (χ2v) is 5.80. The molecule has 0 spiro atoms. The van der Waals surface area contributed by atoms with E-state index in [9.17, 15) is 0 Å². The highest BCUT2D eigenvalue weighted by Crippen LogP contribution is 2.39. The molecule has 2 aromatic rings. The maximum absolute atomic E-state index is 5.88. The fourth-order valence-corrected chi connectivity index (χ4v) is 2.19. The molecule has 21 heavy (non-hydrogen) atoms. The minimum atomic E-state index is 0.504. The molecule has 3 rings (SSSR count). The van der Waals surface area contributed by atoms with Crippen LogP contribution in [0.4, 0.5) is 5.82 Å². The number of ether oxygens (including phenoxy) is 1. The molecule has 1 aromatic carbocycles. The minimum Gasteiger partial charge on any atom is -0.439 e. The van der Waals surface area contributed by atoms with Gasteiger partial charge in [0.1, 0.15) is 17.4 Å². The van der Waals surface area contributed by atoms with Crippen LogP contribution in [0, 0.1) is 0 Å². The molecule has 110 valence electrons. The number of hydrogen-bond acceptors (Lipinski definition) is 4. The summed E-state index contributed by atoms with van der Waals surface area (Å²) in [6, 6.07) is 10.0. The average Bonchev–Trinajstić information content (AvgIpc) is 3.32. The molecular weight excluding hydrogens is 262 g/mol. The third kappa shape index (κ3) is 3.32. The van der Waals surface area contributed by atoms with Gasteiger partial charge in [-0.15, -0.1) is 0 Å². The van der Waals surface area contributed by atoms with Crippen LogP contribution in [0.2, 0.25) is 0 Å². The third-order valence-corrected chi connectivity index (χ3v) is 3.69. The quantitative estimate of drug-likeness (QED) is 0.888. The SMILES string of the molecule is CNc1cc(Oc2ccc(C(C)C)cc2)nc(C2CC2)n1. The molecule has 1 heterocycles. The van der Waals surface area contributed by atoms with Crippen LogP contribution in [0.25, 0.3) is 0 Å². The number of nitrogens with one attached hydrogen (secondary N) is 1. The summed E-state index contributed by atoms with van der Waals surface area (Å²) < 4.78 is 5.88. The second-order valence-electron chi connectivity index (χ2n) is 5.80. The lowest BCUT2D eigenvalue weighted by molar-refractivity contribution is 0.458. The number of nitrogens with zero attached hydrogens (tertiary/aromatic N) is 2. The van der Waals surface area contributed by atoms with Crippen LogP contribution in [-0.2, 0) is 0 Å². The van der Waals surface area contributed by atoms with Gasteiger partial charge < -0.3 is 10.1 Å². The van der Waals surface area contributed by atoms with Gasteiger partial charge >= 0.3 is 0 Å². The number of rotatable bonds is 5. The maximum atomic E-state index is 5.88. The van der Waals surface area contributed by atoms with Crippen LogP contribution < -0.4 is 10.1 Å². The highest BCUT2D eigenvalue weighted by molar-refractivity contribution is 5.40. The van der Waals surface area contributed by atoms with E-state index in [2.05, 4.69) is 41.3 Å². The van der Waals surface area contributed by atoms with Gasteiger partial charge in [0.2, 0.25) is 5.88 Å². The van der Waals surface area contributed by atoms with E-state index in [1.54, 1.807) is 0 Å². The fourth-order valence-electron chi connectivity index (χ4n) is 2.19. The third-order valence-electron chi connectivity index (χ3n) is 3.69. The normalized spacial score (nSPS) is 14.3. The van der Waals surface area contributed by atoms with Gasteiger partial charge in [0.15, 0.2) is 0 Å². The highest BCUT2D eigenvalue weighted by Gasteiger charge is 2.27. The summed E-state index contributed by atoms with van der Waals surface area (Å²) in [6.45, 7) is 4.36. The van der Waals surface area contributed by atoms with Crippen molar-refractivity contribution in [2.45, 2.75) is 38.5 Å². The molecule has 1 saturated carbocycles. The Hall–Kier alpha value is -2.10. The summed E-state index contributed by atoms with van der Waals surface area (Å²) in [5, 5.41) is 3.07. The van der Waals surface area contributed by atoms with Crippen LogP contribution in [0.3, 0.4) is 0 Å². The molecule has 0 unspecified atom stereocenters. The molecular formula is C17H21N3O. The van der Waals surface area contributed by atoms with Crippen molar-refractivity contribution in [2.24, 2.45) is 0 Å². The van der Waals surface area contributed by atoms with Crippen molar-refractivity contribution in [1.29, 1.82) is 0 Å². The summed E-state index contributed by atoms with van der Waals surface area (Å²) in [5.74, 6) is 4.13. The van der Waals surface area contributed by atoms with E-state index in [1.807, 2.05) is 25.2 Å². The van der Waals surface area contributed by atoms with E-state index in [0.29, 0.717) is 17.7 Å². The van der Waals surface area contributed by atoms with E-state index >= 15 is 0 Å². The van der Waals surface area contributed by atoms with Gasteiger partial charge in [0, 0.05) is 19.0 Å². The van der Waals surface area contributed by atoms with Gasteiger partial charge in [0.05, 0.1) is 0 Å². The molecule has 1 aromatic heterocycles. The van der Waals surface area contributed by atoms with Gasteiger partial charge in [-0.05, 0) is 36.5 Å². The Kier molecular flexibility index (Phi) is 3.78. The molecule has 1 N–H and O–H groups in total. The lowest BCUT2D eigenvalue weighted by atomic mass is 10.0. The van der Waals surface area contributed by atoms with E-state index in [1.165, 1.54) is 18.4 Å². The van der Waals surface area contributed by atoms with Crippen molar-refractivity contribution in [3.05, 3.63) is 41.7 Å². The Balaban J connectivity index is 1.81. The Labute approximate surface area is 125 Å². The maximum Gasteiger partial charge on any atom is 0.224 e. The largest absolute Gasteiger partial charge is 0.439 e. The second kappa shape index (κ2) is 5.72. The summed E-state index contributed by atoms with van der Waals surface area (Å²) in [4.78, 5) is 9.01. The van der Waals surface area contributed by atoms with Crippen molar-refractivity contribution in [1.82, 2.24) is 9.97 Å². The molecule has 4 nitrogen and oxygen atoms in total. The zero-order valence-electron chi connectivity index (χ0n) is 12.8. The van der Waals surface area contributed by atoms with Crippen LogP contribution in [0.1, 0.15) is 49.9 Å².